The van der Waals surface area contributed by atoms with E-state index in [1.54, 1.807) is 18.3 Å². The molecular formula is C23H20N4O2. The molecule has 6 nitrogen and oxygen atoms in total. The third-order valence-electron chi connectivity index (χ3n) is 4.36. The van der Waals surface area contributed by atoms with Crippen molar-refractivity contribution >= 4 is 23.2 Å². The van der Waals surface area contributed by atoms with E-state index < -0.39 is 0 Å². The summed E-state index contributed by atoms with van der Waals surface area (Å²) >= 11 is 0. The van der Waals surface area contributed by atoms with Crippen LogP contribution in [-0.4, -0.2) is 28.7 Å². The standard InChI is InChI=1S/C23H20N4O2/c1-2-29-19-11-8-16(9-12-19)15-24-27-23(28)18-10-13-20-21(14-18)26-22(25-20)17-6-4-3-5-7-17/h3-15H,2H2,1H3,(H,25,26)(H,27,28)/b24-15+. The van der Waals surface area contributed by atoms with Gasteiger partial charge >= 0.3 is 0 Å². The number of carbonyl (C=O) groups is 1. The van der Waals surface area contributed by atoms with Gasteiger partial charge in [0.25, 0.3) is 5.91 Å². The zero-order chi connectivity index (χ0) is 20.1. The molecule has 0 aliphatic rings. The predicted octanol–water partition coefficient (Wildman–Crippen LogP) is 4.39. The summed E-state index contributed by atoms with van der Waals surface area (Å²) in [4.78, 5) is 20.3. The van der Waals surface area contributed by atoms with Gasteiger partial charge in [-0.05, 0) is 55.0 Å². The minimum atomic E-state index is -0.287. The number of nitrogens with zero attached hydrogens (tertiary/aromatic N) is 2. The van der Waals surface area contributed by atoms with Crippen molar-refractivity contribution in [2.24, 2.45) is 5.10 Å². The number of carbonyl (C=O) groups excluding carboxylic acids is 1. The number of aromatic nitrogens is 2. The highest BCUT2D eigenvalue weighted by Crippen LogP contribution is 2.21. The maximum atomic E-state index is 12.4. The molecule has 1 amide bonds. The first-order valence-electron chi connectivity index (χ1n) is 9.34. The summed E-state index contributed by atoms with van der Waals surface area (Å²) in [5.74, 6) is 1.29. The van der Waals surface area contributed by atoms with Crippen LogP contribution in [0.1, 0.15) is 22.8 Å². The molecule has 29 heavy (non-hydrogen) atoms. The Morgan fingerprint density at radius 2 is 1.90 bits per heavy atom. The number of amides is 1. The quantitative estimate of drug-likeness (QED) is 0.382. The molecule has 2 N–H and O–H groups in total. The fourth-order valence-corrected chi connectivity index (χ4v) is 2.93. The van der Waals surface area contributed by atoms with Crippen LogP contribution >= 0.6 is 0 Å². The van der Waals surface area contributed by atoms with Crippen molar-refractivity contribution in [3.05, 3.63) is 83.9 Å². The van der Waals surface area contributed by atoms with Gasteiger partial charge in [0.2, 0.25) is 0 Å². The lowest BCUT2D eigenvalue weighted by atomic mass is 10.2. The molecule has 0 fully saturated rings. The molecule has 0 unspecified atom stereocenters. The molecule has 0 aliphatic heterocycles. The fraction of sp³-hybridized carbons (Fsp3) is 0.0870. The van der Waals surface area contributed by atoms with Crippen LogP contribution in [0, 0.1) is 0 Å². The van der Waals surface area contributed by atoms with Gasteiger partial charge in [0.15, 0.2) is 0 Å². The number of nitrogens with one attached hydrogen (secondary N) is 2. The number of hydrogen-bond acceptors (Lipinski definition) is 4. The Kier molecular flexibility index (Phi) is 5.33. The number of hydrogen-bond donors (Lipinski definition) is 2. The van der Waals surface area contributed by atoms with Crippen molar-refractivity contribution in [3.63, 3.8) is 0 Å². The number of imidazole rings is 1. The van der Waals surface area contributed by atoms with Gasteiger partial charge in [-0.3, -0.25) is 4.79 Å². The lowest BCUT2D eigenvalue weighted by Gasteiger charge is -2.02. The molecule has 6 heteroatoms. The van der Waals surface area contributed by atoms with E-state index in [1.165, 1.54) is 0 Å². The minimum absolute atomic E-state index is 0.287. The van der Waals surface area contributed by atoms with Crippen molar-refractivity contribution in [3.8, 4) is 17.1 Å². The third kappa shape index (κ3) is 4.32. The average molecular weight is 384 g/mol. The van der Waals surface area contributed by atoms with Crippen LogP contribution in [-0.2, 0) is 0 Å². The Bertz CT molecular complexity index is 1150. The van der Waals surface area contributed by atoms with Gasteiger partial charge < -0.3 is 9.72 Å². The third-order valence-corrected chi connectivity index (χ3v) is 4.36. The lowest BCUT2D eigenvalue weighted by Crippen LogP contribution is -2.17. The largest absolute Gasteiger partial charge is 0.494 e. The summed E-state index contributed by atoms with van der Waals surface area (Å²) in [6.07, 6.45) is 1.59. The second kappa shape index (κ2) is 8.39. The van der Waals surface area contributed by atoms with Crippen LogP contribution in [0.15, 0.2) is 77.9 Å². The number of fused-ring (bicyclic) bond motifs is 1. The van der Waals surface area contributed by atoms with Crippen molar-refractivity contribution in [1.82, 2.24) is 15.4 Å². The minimum Gasteiger partial charge on any atom is -0.494 e. The van der Waals surface area contributed by atoms with E-state index in [1.807, 2.05) is 67.6 Å². The second-order valence-corrected chi connectivity index (χ2v) is 6.38. The van der Waals surface area contributed by atoms with E-state index in [2.05, 4.69) is 20.5 Å². The molecule has 1 aromatic heterocycles. The van der Waals surface area contributed by atoms with Crippen LogP contribution in [0.25, 0.3) is 22.4 Å². The summed E-state index contributed by atoms with van der Waals surface area (Å²) in [7, 11) is 0. The molecule has 0 bridgehead atoms. The highest BCUT2D eigenvalue weighted by atomic mass is 16.5. The first kappa shape index (κ1) is 18.4. The molecular weight excluding hydrogens is 364 g/mol. The van der Waals surface area contributed by atoms with Gasteiger partial charge in [-0.15, -0.1) is 0 Å². The van der Waals surface area contributed by atoms with Gasteiger partial charge in [-0.25, -0.2) is 10.4 Å². The Balaban J connectivity index is 1.45. The first-order valence-corrected chi connectivity index (χ1v) is 9.34. The molecule has 0 aliphatic carbocycles. The van der Waals surface area contributed by atoms with Gasteiger partial charge in [0.05, 0.1) is 23.9 Å². The second-order valence-electron chi connectivity index (χ2n) is 6.38. The molecule has 0 spiro atoms. The van der Waals surface area contributed by atoms with Crippen LogP contribution in [0.4, 0.5) is 0 Å². The van der Waals surface area contributed by atoms with E-state index in [0.717, 1.165) is 33.7 Å². The zero-order valence-corrected chi connectivity index (χ0v) is 15.9. The number of benzene rings is 3. The summed E-state index contributed by atoms with van der Waals surface area (Å²) < 4.78 is 5.40. The topological polar surface area (TPSA) is 79.4 Å². The molecule has 0 radical (unpaired) electrons. The molecule has 144 valence electrons. The Hall–Kier alpha value is -3.93. The molecule has 3 aromatic carbocycles. The average Bonchev–Trinajstić information content (AvgIpc) is 3.19. The van der Waals surface area contributed by atoms with E-state index in [0.29, 0.717) is 12.2 Å². The van der Waals surface area contributed by atoms with Gasteiger partial charge in [-0.2, -0.15) is 5.10 Å². The van der Waals surface area contributed by atoms with Crippen molar-refractivity contribution < 1.29 is 9.53 Å². The van der Waals surface area contributed by atoms with Crippen molar-refractivity contribution in [2.45, 2.75) is 6.92 Å². The maximum absolute atomic E-state index is 12.4. The highest BCUT2D eigenvalue weighted by molar-refractivity contribution is 5.98. The number of H-pyrrole nitrogens is 1. The van der Waals surface area contributed by atoms with Crippen LogP contribution < -0.4 is 10.2 Å². The van der Waals surface area contributed by atoms with Crippen LogP contribution in [0.3, 0.4) is 0 Å². The zero-order valence-electron chi connectivity index (χ0n) is 15.9. The smallest absolute Gasteiger partial charge is 0.271 e. The molecule has 4 aromatic rings. The first-order chi connectivity index (χ1) is 14.2. The van der Waals surface area contributed by atoms with Crippen molar-refractivity contribution in [2.75, 3.05) is 6.61 Å². The van der Waals surface area contributed by atoms with Gasteiger partial charge in [-0.1, -0.05) is 30.3 Å². The predicted molar refractivity (Wildman–Crippen MR) is 114 cm³/mol. The fourth-order valence-electron chi connectivity index (χ4n) is 2.93. The van der Waals surface area contributed by atoms with Gasteiger partial charge in [0.1, 0.15) is 11.6 Å². The summed E-state index contributed by atoms with van der Waals surface area (Å²) in [6, 6.07) is 22.7. The molecule has 0 saturated heterocycles. The van der Waals surface area contributed by atoms with Crippen LogP contribution in [0.5, 0.6) is 5.75 Å². The van der Waals surface area contributed by atoms with E-state index in [-0.39, 0.29) is 5.91 Å². The molecule has 0 atom stereocenters. The summed E-state index contributed by atoms with van der Waals surface area (Å²) in [5.41, 5.74) is 6.52. The number of hydrazone groups is 1. The lowest BCUT2D eigenvalue weighted by molar-refractivity contribution is 0.0955. The molecule has 4 rings (SSSR count). The van der Waals surface area contributed by atoms with Crippen LogP contribution in [0.2, 0.25) is 0 Å². The maximum Gasteiger partial charge on any atom is 0.271 e. The van der Waals surface area contributed by atoms with Crippen molar-refractivity contribution in [1.29, 1.82) is 0 Å². The Morgan fingerprint density at radius 1 is 1.10 bits per heavy atom. The van der Waals surface area contributed by atoms with Gasteiger partial charge in [0, 0.05) is 11.1 Å². The number of aromatic amines is 1. The Labute approximate surface area is 168 Å². The number of rotatable bonds is 6. The normalized spacial score (nSPS) is 11.1. The molecule has 1 heterocycles. The number of ether oxygens (including phenoxy) is 1. The van der Waals surface area contributed by atoms with E-state index in [4.69, 9.17) is 4.74 Å². The Morgan fingerprint density at radius 3 is 2.66 bits per heavy atom. The summed E-state index contributed by atoms with van der Waals surface area (Å²) in [5, 5.41) is 4.04. The SMILES string of the molecule is CCOc1ccc(/C=N/NC(=O)c2ccc3nc(-c4ccccc4)[nH]c3c2)cc1. The van der Waals surface area contributed by atoms with E-state index >= 15 is 0 Å². The summed E-state index contributed by atoms with van der Waals surface area (Å²) in [6.45, 7) is 2.56. The van der Waals surface area contributed by atoms with E-state index in [9.17, 15) is 4.79 Å². The monoisotopic (exact) mass is 384 g/mol. The highest BCUT2D eigenvalue weighted by Gasteiger charge is 2.09. The molecule has 0 saturated carbocycles.